The number of aromatic nitrogens is 4. The van der Waals surface area contributed by atoms with E-state index in [0.29, 0.717) is 0 Å². The SMILES string of the molecule is CCCCn1nnnc1CN1CCN(C(=O)c2cccs2)CC1. The number of carbonyl (C=O) groups excluding carboxylic acids is 1. The molecule has 8 heteroatoms. The van der Waals surface area contributed by atoms with Crippen LogP contribution in [0.25, 0.3) is 0 Å². The number of tetrazole rings is 1. The monoisotopic (exact) mass is 334 g/mol. The van der Waals surface area contributed by atoms with Crippen LogP contribution in [0.4, 0.5) is 0 Å². The summed E-state index contributed by atoms with van der Waals surface area (Å²) in [6.07, 6.45) is 2.21. The smallest absolute Gasteiger partial charge is 0.264 e. The Bertz CT molecular complexity index is 618. The fraction of sp³-hybridized carbons (Fsp3) is 0.600. The zero-order valence-corrected chi connectivity index (χ0v) is 14.2. The molecule has 1 aliphatic heterocycles. The van der Waals surface area contributed by atoms with E-state index in [1.807, 2.05) is 27.1 Å². The number of piperazine rings is 1. The van der Waals surface area contributed by atoms with Crippen molar-refractivity contribution in [2.45, 2.75) is 32.9 Å². The van der Waals surface area contributed by atoms with E-state index >= 15 is 0 Å². The Kier molecular flexibility index (Phi) is 5.35. The van der Waals surface area contributed by atoms with Gasteiger partial charge in [0.15, 0.2) is 5.82 Å². The van der Waals surface area contributed by atoms with Crippen LogP contribution in [0.3, 0.4) is 0 Å². The molecule has 0 aliphatic carbocycles. The predicted octanol–water partition coefficient (Wildman–Crippen LogP) is 1.49. The van der Waals surface area contributed by atoms with Crippen LogP contribution >= 0.6 is 11.3 Å². The highest BCUT2D eigenvalue weighted by Crippen LogP contribution is 2.14. The Labute approximate surface area is 139 Å². The zero-order valence-electron chi connectivity index (χ0n) is 13.4. The minimum Gasteiger partial charge on any atom is -0.335 e. The van der Waals surface area contributed by atoms with Gasteiger partial charge in [-0.2, -0.15) is 0 Å². The molecule has 124 valence electrons. The van der Waals surface area contributed by atoms with Gasteiger partial charge in [-0.3, -0.25) is 9.69 Å². The summed E-state index contributed by atoms with van der Waals surface area (Å²) in [6.45, 7) is 7.01. The van der Waals surface area contributed by atoms with Crippen LogP contribution in [-0.4, -0.2) is 62.1 Å². The molecule has 1 aliphatic rings. The standard InChI is InChI=1S/C15H22N6OS/c1-2-3-6-21-14(16-17-18-21)12-19-7-9-20(10-8-19)15(22)13-5-4-11-23-13/h4-5,11H,2-3,6-10,12H2,1H3. The Morgan fingerprint density at radius 2 is 2.13 bits per heavy atom. The molecule has 1 saturated heterocycles. The molecule has 3 rings (SSSR count). The number of carbonyl (C=O) groups is 1. The normalized spacial score (nSPS) is 16.0. The highest BCUT2D eigenvalue weighted by molar-refractivity contribution is 7.12. The number of nitrogens with zero attached hydrogens (tertiary/aromatic N) is 6. The summed E-state index contributed by atoms with van der Waals surface area (Å²) in [5, 5.41) is 13.9. The third-order valence-corrected chi connectivity index (χ3v) is 4.94. The van der Waals surface area contributed by atoms with Gasteiger partial charge in [0.2, 0.25) is 0 Å². The van der Waals surface area contributed by atoms with E-state index in [2.05, 4.69) is 27.3 Å². The molecular formula is C15H22N6OS. The van der Waals surface area contributed by atoms with Gasteiger partial charge in [-0.05, 0) is 28.3 Å². The van der Waals surface area contributed by atoms with E-state index in [9.17, 15) is 4.79 Å². The first-order chi connectivity index (χ1) is 11.3. The molecule has 23 heavy (non-hydrogen) atoms. The predicted molar refractivity (Wildman–Crippen MR) is 88.2 cm³/mol. The van der Waals surface area contributed by atoms with Crippen molar-refractivity contribution in [2.75, 3.05) is 26.2 Å². The average Bonchev–Trinajstić information content (AvgIpc) is 3.25. The molecule has 0 saturated carbocycles. The maximum atomic E-state index is 12.3. The van der Waals surface area contributed by atoms with E-state index in [0.717, 1.165) is 62.8 Å². The molecule has 0 unspecified atom stereocenters. The fourth-order valence-electron chi connectivity index (χ4n) is 2.68. The molecule has 0 aromatic carbocycles. The lowest BCUT2D eigenvalue weighted by Gasteiger charge is -2.34. The second-order valence-electron chi connectivity index (χ2n) is 5.72. The molecule has 0 atom stereocenters. The fourth-order valence-corrected chi connectivity index (χ4v) is 3.37. The minimum absolute atomic E-state index is 0.146. The largest absolute Gasteiger partial charge is 0.335 e. The van der Waals surface area contributed by atoms with Crippen LogP contribution in [0.2, 0.25) is 0 Å². The van der Waals surface area contributed by atoms with Crippen molar-refractivity contribution in [1.29, 1.82) is 0 Å². The molecule has 2 aromatic heterocycles. The Morgan fingerprint density at radius 3 is 2.83 bits per heavy atom. The van der Waals surface area contributed by atoms with Gasteiger partial charge >= 0.3 is 0 Å². The molecule has 0 spiro atoms. The van der Waals surface area contributed by atoms with E-state index in [1.54, 1.807) is 0 Å². The first kappa shape index (κ1) is 16.1. The lowest BCUT2D eigenvalue weighted by molar-refractivity contribution is 0.0628. The lowest BCUT2D eigenvalue weighted by Crippen LogP contribution is -2.48. The first-order valence-electron chi connectivity index (χ1n) is 8.08. The maximum Gasteiger partial charge on any atom is 0.264 e. The van der Waals surface area contributed by atoms with E-state index < -0.39 is 0 Å². The van der Waals surface area contributed by atoms with Gasteiger partial charge < -0.3 is 4.90 Å². The summed E-state index contributed by atoms with van der Waals surface area (Å²) in [4.78, 5) is 17.4. The van der Waals surface area contributed by atoms with Crippen LogP contribution < -0.4 is 0 Å². The third kappa shape index (κ3) is 3.94. The van der Waals surface area contributed by atoms with Crippen molar-refractivity contribution in [3.63, 3.8) is 0 Å². The second kappa shape index (κ2) is 7.65. The molecule has 0 N–H and O–H groups in total. The molecule has 1 fully saturated rings. The number of hydrogen-bond acceptors (Lipinski definition) is 6. The number of amides is 1. The van der Waals surface area contributed by atoms with Crippen molar-refractivity contribution in [3.8, 4) is 0 Å². The summed E-state index contributed by atoms with van der Waals surface area (Å²) < 4.78 is 1.90. The van der Waals surface area contributed by atoms with Gasteiger partial charge in [-0.25, -0.2) is 4.68 Å². The van der Waals surface area contributed by atoms with Crippen LogP contribution in [0.5, 0.6) is 0 Å². The van der Waals surface area contributed by atoms with E-state index in [-0.39, 0.29) is 5.91 Å². The lowest BCUT2D eigenvalue weighted by atomic mass is 10.3. The van der Waals surface area contributed by atoms with Crippen molar-refractivity contribution in [1.82, 2.24) is 30.0 Å². The summed E-state index contributed by atoms with van der Waals surface area (Å²) in [7, 11) is 0. The van der Waals surface area contributed by atoms with Crippen LogP contribution in [-0.2, 0) is 13.1 Å². The number of hydrogen-bond donors (Lipinski definition) is 0. The van der Waals surface area contributed by atoms with Crippen LogP contribution in [0, 0.1) is 0 Å². The Balaban J connectivity index is 1.51. The summed E-state index contributed by atoms with van der Waals surface area (Å²) >= 11 is 1.50. The molecule has 7 nitrogen and oxygen atoms in total. The molecule has 2 aromatic rings. The first-order valence-corrected chi connectivity index (χ1v) is 8.96. The van der Waals surface area contributed by atoms with Gasteiger partial charge in [0.1, 0.15) is 0 Å². The van der Waals surface area contributed by atoms with Gasteiger partial charge in [0, 0.05) is 32.7 Å². The van der Waals surface area contributed by atoms with Crippen LogP contribution in [0.15, 0.2) is 17.5 Å². The minimum atomic E-state index is 0.146. The summed E-state index contributed by atoms with van der Waals surface area (Å²) in [5.41, 5.74) is 0. The van der Waals surface area contributed by atoms with Crippen molar-refractivity contribution in [2.24, 2.45) is 0 Å². The molecular weight excluding hydrogens is 312 g/mol. The topological polar surface area (TPSA) is 67.2 Å². The number of rotatable bonds is 6. The summed E-state index contributed by atoms with van der Waals surface area (Å²) in [6, 6.07) is 3.81. The van der Waals surface area contributed by atoms with Gasteiger partial charge in [0.25, 0.3) is 5.91 Å². The molecule has 3 heterocycles. The number of aryl methyl sites for hydroxylation is 1. The molecule has 0 radical (unpaired) electrons. The van der Waals surface area contributed by atoms with E-state index in [4.69, 9.17) is 0 Å². The highest BCUT2D eigenvalue weighted by atomic mass is 32.1. The molecule has 0 bridgehead atoms. The summed E-state index contributed by atoms with van der Waals surface area (Å²) in [5.74, 6) is 1.06. The average molecular weight is 334 g/mol. The van der Waals surface area contributed by atoms with Crippen LogP contribution in [0.1, 0.15) is 35.3 Å². The third-order valence-electron chi connectivity index (χ3n) is 4.09. The van der Waals surface area contributed by atoms with Gasteiger partial charge in [-0.1, -0.05) is 19.4 Å². The van der Waals surface area contributed by atoms with Crippen molar-refractivity contribution in [3.05, 3.63) is 28.2 Å². The maximum absolute atomic E-state index is 12.3. The van der Waals surface area contributed by atoms with E-state index in [1.165, 1.54) is 11.3 Å². The van der Waals surface area contributed by atoms with Crippen molar-refractivity contribution < 1.29 is 4.79 Å². The van der Waals surface area contributed by atoms with Gasteiger partial charge in [-0.15, -0.1) is 16.4 Å². The zero-order chi connectivity index (χ0) is 16.1. The number of unbranched alkanes of at least 4 members (excludes halogenated alkanes) is 1. The number of thiophene rings is 1. The molecule has 1 amide bonds. The van der Waals surface area contributed by atoms with Crippen molar-refractivity contribution >= 4 is 17.2 Å². The highest BCUT2D eigenvalue weighted by Gasteiger charge is 2.23. The second-order valence-corrected chi connectivity index (χ2v) is 6.67. The quantitative estimate of drug-likeness (QED) is 0.801. The Hall–Kier alpha value is -1.80. The Morgan fingerprint density at radius 1 is 1.30 bits per heavy atom. The van der Waals surface area contributed by atoms with Gasteiger partial charge in [0.05, 0.1) is 11.4 Å².